The molecular weight excluding hydrogens is 344 g/mol. The van der Waals surface area contributed by atoms with Crippen molar-refractivity contribution < 1.29 is 14.3 Å². The minimum atomic E-state index is -0.384. The van der Waals surface area contributed by atoms with Gasteiger partial charge in [0.15, 0.2) is 0 Å². The van der Waals surface area contributed by atoms with Crippen LogP contribution in [0.15, 0.2) is 18.3 Å². The minimum Gasteiger partial charge on any atom is -0.473 e. The number of nitriles is 1. The summed E-state index contributed by atoms with van der Waals surface area (Å²) in [6, 6.07) is 6.27. The first-order valence-electron chi connectivity index (χ1n) is 9.59. The Hall–Kier alpha value is -2.49. The van der Waals surface area contributed by atoms with E-state index in [9.17, 15) is 4.79 Å². The van der Waals surface area contributed by atoms with Crippen molar-refractivity contribution >= 4 is 11.8 Å². The van der Waals surface area contributed by atoms with Crippen LogP contribution in [-0.4, -0.2) is 41.9 Å². The average Bonchev–Trinajstić information content (AvgIpc) is 2.59. The van der Waals surface area contributed by atoms with Crippen LogP contribution in [0.1, 0.15) is 46.5 Å². The lowest BCUT2D eigenvalue weighted by atomic mass is 9.92. The summed E-state index contributed by atoms with van der Waals surface area (Å²) in [6.45, 7) is 7.43. The number of carbonyl (C=O) groups excluding carboxylic acids is 1. The molecule has 1 aliphatic carbocycles. The summed E-state index contributed by atoms with van der Waals surface area (Å²) in [5.74, 6) is 0.765. The van der Waals surface area contributed by atoms with Crippen LogP contribution in [0, 0.1) is 17.2 Å². The van der Waals surface area contributed by atoms with Crippen LogP contribution in [-0.2, 0) is 4.74 Å². The molecule has 1 aliphatic heterocycles. The number of hydrogen-bond acceptors (Lipinski definition) is 6. The van der Waals surface area contributed by atoms with Gasteiger partial charge in [-0.1, -0.05) is 0 Å². The van der Waals surface area contributed by atoms with Crippen molar-refractivity contribution in [2.75, 3.05) is 18.0 Å². The third kappa shape index (κ3) is 5.25. The second-order valence-corrected chi connectivity index (χ2v) is 8.33. The SMILES string of the molecule is CC(C)(C)NC(=O)OC1CC(Oc2ncccc2N2CCC(C#N)CC2)C1. The predicted octanol–water partition coefficient (Wildman–Crippen LogP) is 3.26. The van der Waals surface area contributed by atoms with E-state index in [0.29, 0.717) is 18.7 Å². The van der Waals surface area contributed by atoms with Gasteiger partial charge in [-0.15, -0.1) is 0 Å². The Morgan fingerprint density at radius 3 is 2.63 bits per heavy atom. The number of nitrogens with zero attached hydrogens (tertiary/aromatic N) is 3. The summed E-state index contributed by atoms with van der Waals surface area (Å²) in [7, 11) is 0. The highest BCUT2D eigenvalue weighted by atomic mass is 16.6. The highest BCUT2D eigenvalue weighted by Crippen LogP contribution is 2.34. The Kier molecular flexibility index (Phi) is 5.73. The molecule has 0 spiro atoms. The Bertz CT molecular complexity index is 696. The summed E-state index contributed by atoms with van der Waals surface area (Å²) in [6.07, 6.45) is 4.31. The molecule has 1 N–H and O–H groups in total. The standard InChI is InChI=1S/C20H28N4O3/c1-20(2,3)23-19(25)27-16-11-15(12-16)26-18-17(5-4-8-22-18)24-9-6-14(13-21)7-10-24/h4-5,8,14-16H,6-7,9-12H2,1-3H3,(H,23,25). The maximum Gasteiger partial charge on any atom is 0.407 e. The lowest BCUT2D eigenvalue weighted by molar-refractivity contribution is -0.0258. The summed E-state index contributed by atoms with van der Waals surface area (Å²) in [5.41, 5.74) is 0.669. The van der Waals surface area contributed by atoms with Crippen LogP contribution in [0.2, 0.25) is 0 Å². The van der Waals surface area contributed by atoms with Gasteiger partial charge >= 0.3 is 6.09 Å². The molecule has 0 unspecified atom stereocenters. The molecule has 1 aromatic heterocycles. The highest BCUT2D eigenvalue weighted by molar-refractivity contribution is 5.68. The molecule has 2 aliphatic rings. The molecule has 1 aromatic rings. The van der Waals surface area contributed by atoms with Gasteiger partial charge in [-0.25, -0.2) is 9.78 Å². The molecule has 1 saturated heterocycles. The predicted molar refractivity (Wildman–Crippen MR) is 102 cm³/mol. The Balaban J connectivity index is 1.50. The van der Waals surface area contributed by atoms with Gasteiger partial charge in [0.25, 0.3) is 0 Å². The molecular formula is C20H28N4O3. The lowest BCUT2D eigenvalue weighted by Gasteiger charge is -2.37. The minimum absolute atomic E-state index is 0.00253. The van der Waals surface area contributed by atoms with Crippen molar-refractivity contribution in [1.29, 1.82) is 5.26 Å². The second kappa shape index (κ2) is 8.03. The molecule has 0 atom stereocenters. The van der Waals surface area contributed by atoms with Crippen molar-refractivity contribution in [1.82, 2.24) is 10.3 Å². The molecule has 1 saturated carbocycles. The Labute approximate surface area is 160 Å². The Morgan fingerprint density at radius 2 is 2.00 bits per heavy atom. The van der Waals surface area contributed by atoms with Gasteiger partial charge < -0.3 is 19.7 Å². The summed E-state index contributed by atoms with van der Waals surface area (Å²) < 4.78 is 11.5. The van der Waals surface area contributed by atoms with Crippen LogP contribution < -0.4 is 15.0 Å². The van der Waals surface area contributed by atoms with Gasteiger partial charge in [0.1, 0.15) is 12.2 Å². The van der Waals surface area contributed by atoms with Crippen LogP contribution in [0.25, 0.3) is 0 Å². The molecule has 0 aromatic carbocycles. The number of pyridine rings is 1. The number of rotatable bonds is 4. The number of nitrogens with one attached hydrogen (secondary N) is 1. The van der Waals surface area contributed by atoms with Crippen molar-refractivity contribution in [3.63, 3.8) is 0 Å². The largest absolute Gasteiger partial charge is 0.473 e. The fraction of sp³-hybridized carbons (Fsp3) is 0.650. The second-order valence-electron chi connectivity index (χ2n) is 8.33. The number of carbonyl (C=O) groups is 1. The van der Waals surface area contributed by atoms with E-state index >= 15 is 0 Å². The van der Waals surface area contributed by atoms with Gasteiger partial charge in [0, 0.05) is 43.6 Å². The van der Waals surface area contributed by atoms with Gasteiger partial charge in [-0.05, 0) is 45.7 Å². The zero-order chi connectivity index (χ0) is 19.4. The van der Waals surface area contributed by atoms with Crippen LogP contribution >= 0.6 is 0 Å². The van der Waals surface area contributed by atoms with E-state index in [1.807, 2.05) is 32.9 Å². The first kappa shape index (κ1) is 19.3. The monoisotopic (exact) mass is 372 g/mol. The highest BCUT2D eigenvalue weighted by Gasteiger charge is 2.35. The first-order chi connectivity index (χ1) is 12.8. The fourth-order valence-electron chi connectivity index (χ4n) is 3.32. The van der Waals surface area contributed by atoms with Gasteiger partial charge in [0.2, 0.25) is 5.88 Å². The summed E-state index contributed by atoms with van der Waals surface area (Å²) in [5, 5.41) is 11.9. The third-order valence-electron chi connectivity index (χ3n) is 4.85. The molecule has 7 nitrogen and oxygen atoms in total. The van der Waals surface area contributed by atoms with Gasteiger partial charge in [0.05, 0.1) is 11.8 Å². The first-order valence-corrected chi connectivity index (χ1v) is 9.59. The number of amides is 1. The van der Waals surface area contributed by atoms with Crippen LogP contribution in [0.4, 0.5) is 10.5 Å². The normalized spacial score (nSPS) is 23.1. The van der Waals surface area contributed by atoms with E-state index < -0.39 is 0 Å². The van der Waals surface area contributed by atoms with E-state index in [1.165, 1.54) is 0 Å². The van der Waals surface area contributed by atoms with Crippen LogP contribution in [0.5, 0.6) is 5.88 Å². The number of ether oxygens (including phenoxy) is 2. The van der Waals surface area contributed by atoms with Gasteiger partial charge in [-0.2, -0.15) is 5.26 Å². The maximum atomic E-state index is 11.8. The van der Waals surface area contributed by atoms with Crippen molar-refractivity contribution in [3.05, 3.63) is 18.3 Å². The third-order valence-corrected chi connectivity index (χ3v) is 4.85. The molecule has 2 fully saturated rings. The molecule has 2 heterocycles. The smallest absolute Gasteiger partial charge is 0.407 e. The number of alkyl carbamates (subject to hydrolysis) is 1. The number of anilines is 1. The van der Waals surface area contributed by atoms with E-state index in [0.717, 1.165) is 31.6 Å². The van der Waals surface area contributed by atoms with E-state index in [2.05, 4.69) is 21.3 Å². The van der Waals surface area contributed by atoms with Crippen molar-refractivity contribution in [2.45, 2.75) is 64.2 Å². The van der Waals surface area contributed by atoms with Crippen LogP contribution in [0.3, 0.4) is 0 Å². The molecule has 146 valence electrons. The number of aromatic nitrogens is 1. The van der Waals surface area contributed by atoms with E-state index in [-0.39, 0.29) is 29.8 Å². The molecule has 3 rings (SSSR count). The number of piperidine rings is 1. The molecule has 0 radical (unpaired) electrons. The zero-order valence-electron chi connectivity index (χ0n) is 16.3. The molecule has 1 amide bonds. The van der Waals surface area contributed by atoms with Gasteiger partial charge in [-0.3, -0.25) is 0 Å². The summed E-state index contributed by atoms with van der Waals surface area (Å²) in [4.78, 5) is 18.5. The number of hydrogen-bond donors (Lipinski definition) is 1. The average molecular weight is 372 g/mol. The Morgan fingerprint density at radius 1 is 1.30 bits per heavy atom. The fourth-order valence-corrected chi connectivity index (χ4v) is 3.32. The molecule has 0 bridgehead atoms. The van der Waals surface area contributed by atoms with Crippen molar-refractivity contribution in [3.8, 4) is 11.9 Å². The quantitative estimate of drug-likeness (QED) is 0.873. The van der Waals surface area contributed by atoms with Crippen molar-refractivity contribution in [2.24, 2.45) is 5.92 Å². The van der Waals surface area contributed by atoms with E-state index in [1.54, 1.807) is 6.20 Å². The zero-order valence-corrected chi connectivity index (χ0v) is 16.3. The lowest BCUT2D eigenvalue weighted by Crippen LogP contribution is -2.46. The summed E-state index contributed by atoms with van der Waals surface area (Å²) >= 11 is 0. The van der Waals surface area contributed by atoms with E-state index in [4.69, 9.17) is 14.7 Å². The topological polar surface area (TPSA) is 87.5 Å². The maximum absolute atomic E-state index is 11.8. The molecule has 7 heteroatoms. The molecule has 27 heavy (non-hydrogen) atoms.